The van der Waals surface area contributed by atoms with Crippen LogP contribution in [0.2, 0.25) is 0 Å². The van der Waals surface area contributed by atoms with Gasteiger partial charge in [-0.2, -0.15) is 5.26 Å². The van der Waals surface area contributed by atoms with Gasteiger partial charge in [0.25, 0.3) is 0 Å². The first-order chi connectivity index (χ1) is 6.93. The minimum absolute atomic E-state index is 0.208. The van der Waals surface area contributed by atoms with Crippen LogP contribution < -0.4 is 0 Å². The van der Waals surface area contributed by atoms with Crippen molar-refractivity contribution in [2.75, 3.05) is 19.7 Å². The lowest BCUT2D eigenvalue weighted by Gasteiger charge is -2.26. The normalized spacial score (nSPS) is 12.1. The highest BCUT2D eigenvalue weighted by molar-refractivity contribution is 4.91. The van der Waals surface area contributed by atoms with Gasteiger partial charge in [-0.3, -0.25) is 4.90 Å². The Labute approximate surface area is 93.7 Å². The number of hydrogen-bond acceptors (Lipinski definition) is 3. The third-order valence-electron chi connectivity index (χ3n) is 2.67. The number of nitrogens with zero attached hydrogens (tertiary/aromatic N) is 2. The van der Waals surface area contributed by atoms with Gasteiger partial charge < -0.3 is 5.11 Å². The van der Waals surface area contributed by atoms with Gasteiger partial charge in [0.15, 0.2) is 0 Å². The topological polar surface area (TPSA) is 47.3 Å². The molecule has 0 aromatic rings. The molecule has 0 spiro atoms. The van der Waals surface area contributed by atoms with E-state index in [2.05, 4.69) is 24.8 Å². The van der Waals surface area contributed by atoms with E-state index in [4.69, 9.17) is 10.4 Å². The monoisotopic (exact) mass is 212 g/mol. The average molecular weight is 212 g/mol. The zero-order valence-corrected chi connectivity index (χ0v) is 10.5. The zero-order chi connectivity index (χ0) is 11.9. The van der Waals surface area contributed by atoms with E-state index in [-0.39, 0.29) is 12.0 Å². The minimum Gasteiger partial charge on any atom is -0.395 e. The Balaban J connectivity index is 3.87. The molecule has 0 aliphatic rings. The fourth-order valence-electron chi connectivity index (χ4n) is 1.54. The number of aliphatic hydroxyl groups is 1. The van der Waals surface area contributed by atoms with Crippen LogP contribution in [0.4, 0.5) is 0 Å². The largest absolute Gasteiger partial charge is 0.395 e. The van der Waals surface area contributed by atoms with E-state index >= 15 is 0 Å². The number of aliphatic hydroxyl groups excluding tert-OH is 1. The van der Waals surface area contributed by atoms with Crippen LogP contribution in [0.3, 0.4) is 0 Å². The third kappa shape index (κ3) is 6.48. The summed E-state index contributed by atoms with van der Waals surface area (Å²) in [4.78, 5) is 2.24. The molecule has 0 radical (unpaired) electrons. The molecule has 0 aromatic heterocycles. The Morgan fingerprint density at radius 3 is 2.33 bits per heavy atom. The maximum Gasteiger partial charge on any atom is 0.0683 e. The molecule has 0 bridgehead atoms. The molecule has 1 N–H and O–H groups in total. The third-order valence-corrected chi connectivity index (χ3v) is 2.67. The fourth-order valence-corrected chi connectivity index (χ4v) is 1.54. The second-order valence-electron chi connectivity index (χ2n) is 4.95. The van der Waals surface area contributed by atoms with Crippen molar-refractivity contribution in [3.05, 3.63) is 0 Å². The summed E-state index contributed by atoms with van der Waals surface area (Å²) in [6.07, 6.45) is 1.93. The molecule has 0 saturated heterocycles. The molecular formula is C12H24N2O. The van der Waals surface area contributed by atoms with Gasteiger partial charge in [-0.25, -0.2) is 0 Å². The second-order valence-corrected chi connectivity index (χ2v) is 4.95. The van der Waals surface area contributed by atoms with Crippen molar-refractivity contribution in [1.29, 1.82) is 5.26 Å². The molecule has 0 saturated carbocycles. The number of hydrogen-bond donors (Lipinski definition) is 1. The average Bonchev–Trinajstić information content (AvgIpc) is 2.16. The van der Waals surface area contributed by atoms with Crippen molar-refractivity contribution in [3.63, 3.8) is 0 Å². The van der Waals surface area contributed by atoms with Crippen LogP contribution in [0, 0.1) is 16.7 Å². The first-order valence-corrected chi connectivity index (χ1v) is 5.69. The highest BCUT2D eigenvalue weighted by Gasteiger charge is 2.17. The standard InChI is InChI=1S/C12H24N2O/c1-11(2)14(8-9-15)7-5-6-12(3,4)10-13/h11,15H,5-9H2,1-4H3. The maximum atomic E-state index is 8.90. The molecule has 0 amide bonds. The maximum absolute atomic E-state index is 8.90. The highest BCUT2D eigenvalue weighted by Crippen LogP contribution is 2.20. The molecule has 0 heterocycles. The molecule has 3 nitrogen and oxygen atoms in total. The van der Waals surface area contributed by atoms with E-state index < -0.39 is 0 Å². The molecular weight excluding hydrogens is 188 g/mol. The quantitative estimate of drug-likeness (QED) is 0.702. The summed E-state index contributed by atoms with van der Waals surface area (Å²) in [5.41, 5.74) is -0.220. The summed E-state index contributed by atoms with van der Waals surface area (Å²) in [5.74, 6) is 0. The van der Waals surface area contributed by atoms with Gasteiger partial charge in [0.2, 0.25) is 0 Å². The Morgan fingerprint density at radius 2 is 1.93 bits per heavy atom. The molecule has 0 fully saturated rings. The van der Waals surface area contributed by atoms with E-state index in [9.17, 15) is 0 Å². The predicted molar refractivity (Wildman–Crippen MR) is 62.4 cm³/mol. The molecule has 3 heteroatoms. The van der Waals surface area contributed by atoms with Crippen LogP contribution in [0.5, 0.6) is 0 Å². The van der Waals surface area contributed by atoms with Crippen LogP contribution in [0.15, 0.2) is 0 Å². The molecule has 0 atom stereocenters. The molecule has 0 aromatic carbocycles. The molecule has 0 aliphatic carbocycles. The van der Waals surface area contributed by atoms with Crippen LogP contribution in [-0.4, -0.2) is 35.7 Å². The molecule has 0 rings (SSSR count). The molecule has 88 valence electrons. The Bertz CT molecular complexity index is 206. The zero-order valence-electron chi connectivity index (χ0n) is 10.5. The van der Waals surface area contributed by atoms with Crippen molar-refractivity contribution < 1.29 is 5.11 Å². The predicted octanol–water partition coefficient (Wildman–Crippen LogP) is 2.02. The van der Waals surface area contributed by atoms with Crippen LogP contribution in [0.25, 0.3) is 0 Å². The summed E-state index contributed by atoms with van der Waals surface area (Å²) < 4.78 is 0. The summed E-state index contributed by atoms with van der Waals surface area (Å²) in [7, 11) is 0. The summed E-state index contributed by atoms with van der Waals surface area (Å²) in [6, 6.07) is 2.77. The number of rotatable bonds is 7. The second kappa shape index (κ2) is 6.81. The first-order valence-electron chi connectivity index (χ1n) is 5.69. The SMILES string of the molecule is CC(C)N(CCO)CCCC(C)(C)C#N. The van der Waals surface area contributed by atoms with Gasteiger partial charge in [0, 0.05) is 12.6 Å². The highest BCUT2D eigenvalue weighted by atomic mass is 16.3. The summed E-state index contributed by atoms with van der Waals surface area (Å²) in [5, 5.41) is 17.8. The van der Waals surface area contributed by atoms with Gasteiger partial charge in [-0.15, -0.1) is 0 Å². The minimum atomic E-state index is -0.220. The lowest BCUT2D eigenvalue weighted by atomic mass is 9.90. The summed E-state index contributed by atoms with van der Waals surface area (Å²) >= 11 is 0. The van der Waals surface area contributed by atoms with Gasteiger partial charge in [-0.05, 0) is 47.1 Å². The number of nitriles is 1. The smallest absolute Gasteiger partial charge is 0.0683 e. The van der Waals surface area contributed by atoms with Crippen molar-refractivity contribution in [3.8, 4) is 6.07 Å². The van der Waals surface area contributed by atoms with E-state index in [1.807, 2.05) is 13.8 Å². The lowest BCUT2D eigenvalue weighted by Crippen LogP contribution is -2.34. The van der Waals surface area contributed by atoms with Crippen molar-refractivity contribution in [1.82, 2.24) is 4.90 Å². The van der Waals surface area contributed by atoms with Crippen molar-refractivity contribution >= 4 is 0 Å². The molecule has 0 unspecified atom stereocenters. The Hall–Kier alpha value is -0.590. The Morgan fingerprint density at radius 1 is 1.33 bits per heavy atom. The van der Waals surface area contributed by atoms with Crippen LogP contribution in [-0.2, 0) is 0 Å². The Kier molecular flexibility index (Phi) is 6.55. The van der Waals surface area contributed by atoms with Gasteiger partial charge in [0.05, 0.1) is 18.1 Å². The summed E-state index contributed by atoms with van der Waals surface area (Å²) in [6.45, 7) is 10.1. The van der Waals surface area contributed by atoms with E-state index in [0.717, 1.165) is 25.9 Å². The lowest BCUT2D eigenvalue weighted by molar-refractivity contribution is 0.160. The van der Waals surface area contributed by atoms with E-state index in [0.29, 0.717) is 6.04 Å². The van der Waals surface area contributed by atoms with Crippen molar-refractivity contribution in [2.45, 2.75) is 46.6 Å². The van der Waals surface area contributed by atoms with Crippen molar-refractivity contribution in [2.24, 2.45) is 5.41 Å². The van der Waals surface area contributed by atoms with Crippen LogP contribution >= 0.6 is 0 Å². The van der Waals surface area contributed by atoms with E-state index in [1.54, 1.807) is 0 Å². The molecule has 15 heavy (non-hydrogen) atoms. The fraction of sp³-hybridized carbons (Fsp3) is 0.917. The first kappa shape index (κ1) is 14.4. The van der Waals surface area contributed by atoms with E-state index in [1.165, 1.54) is 0 Å². The van der Waals surface area contributed by atoms with Gasteiger partial charge >= 0.3 is 0 Å². The van der Waals surface area contributed by atoms with Gasteiger partial charge in [-0.1, -0.05) is 0 Å². The van der Waals surface area contributed by atoms with Gasteiger partial charge in [0.1, 0.15) is 0 Å². The van der Waals surface area contributed by atoms with Crippen LogP contribution in [0.1, 0.15) is 40.5 Å². The molecule has 0 aliphatic heterocycles.